The van der Waals surface area contributed by atoms with E-state index in [-0.39, 0.29) is 5.41 Å². The smallest absolute Gasteiger partial charge is 0.0325 e. The second-order valence-electron chi connectivity index (χ2n) is 2.97. The first-order valence-electron chi connectivity index (χ1n) is 3.29. The maximum Gasteiger partial charge on any atom is 0.0325 e. The molecule has 0 amide bonds. The standard InChI is InChI=1S/C8H13N/c1-8(2)4-3-6-9-7-5-8/h3-5,7,9H,6H2,1-2H3. The molecule has 0 bridgehead atoms. The van der Waals surface area contributed by atoms with Crippen LogP contribution in [0, 0.1) is 5.41 Å². The van der Waals surface area contributed by atoms with Gasteiger partial charge in [-0.15, -0.1) is 0 Å². The molecule has 9 heavy (non-hydrogen) atoms. The largest absolute Gasteiger partial charge is 0.388 e. The molecule has 0 aromatic rings. The lowest BCUT2D eigenvalue weighted by Gasteiger charge is -2.11. The van der Waals surface area contributed by atoms with E-state index in [1.165, 1.54) is 0 Å². The summed E-state index contributed by atoms with van der Waals surface area (Å²) in [4.78, 5) is 0. The summed E-state index contributed by atoms with van der Waals surface area (Å²) in [5.74, 6) is 0. The highest BCUT2D eigenvalue weighted by Gasteiger charge is 2.08. The molecule has 0 fully saturated rings. The molecule has 50 valence electrons. The van der Waals surface area contributed by atoms with Crippen LogP contribution in [0.5, 0.6) is 0 Å². The fraction of sp³-hybridized carbons (Fsp3) is 0.500. The number of hydrogen-bond donors (Lipinski definition) is 1. The van der Waals surface area contributed by atoms with Gasteiger partial charge in [-0.2, -0.15) is 0 Å². The minimum Gasteiger partial charge on any atom is -0.388 e. The first kappa shape index (κ1) is 6.40. The average molecular weight is 123 g/mol. The summed E-state index contributed by atoms with van der Waals surface area (Å²) in [6.07, 6.45) is 8.54. The van der Waals surface area contributed by atoms with Crippen LogP contribution in [-0.2, 0) is 0 Å². The molecular formula is C8H13N. The topological polar surface area (TPSA) is 12.0 Å². The second-order valence-corrected chi connectivity index (χ2v) is 2.97. The minimum absolute atomic E-state index is 0.240. The van der Waals surface area contributed by atoms with E-state index in [2.05, 4.69) is 37.4 Å². The van der Waals surface area contributed by atoms with Crippen LogP contribution in [0.3, 0.4) is 0 Å². The maximum atomic E-state index is 3.14. The highest BCUT2D eigenvalue weighted by Crippen LogP contribution is 2.18. The summed E-state index contributed by atoms with van der Waals surface area (Å²) in [5, 5.41) is 3.14. The van der Waals surface area contributed by atoms with Crippen LogP contribution in [-0.4, -0.2) is 6.54 Å². The summed E-state index contributed by atoms with van der Waals surface area (Å²) >= 11 is 0. The zero-order chi connectivity index (χ0) is 6.74. The normalized spacial score (nSPS) is 22.9. The van der Waals surface area contributed by atoms with E-state index in [1.54, 1.807) is 0 Å². The van der Waals surface area contributed by atoms with Crippen molar-refractivity contribution in [2.45, 2.75) is 13.8 Å². The molecule has 1 heterocycles. The molecule has 0 saturated carbocycles. The molecule has 1 aliphatic heterocycles. The molecule has 1 N–H and O–H groups in total. The highest BCUT2D eigenvalue weighted by atomic mass is 14.8. The summed E-state index contributed by atoms with van der Waals surface area (Å²) in [6.45, 7) is 5.33. The van der Waals surface area contributed by atoms with E-state index in [0.29, 0.717) is 0 Å². The predicted molar refractivity (Wildman–Crippen MR) is 40.1 cm³/mol. The Hall–Kier alpha value is -0.720. The van der Waals surface area contributed by atoms with Gasteiger partial charge in [-0.05, 0) is 6.20 Å². The Bertz CT molecular complexity index is 127. The lowest BCUT2D eigenvalue weighted by molar-refractivity contribution is 0.626. The second kappa shape index (κ2) is 2.26. The third-order valence-electron chi connectivity index (χ3n) is 1.41. The third-order valence-corrected chi connectivity index (χ3v) is 1.41. The van der Waals surface area contributed by atoms with E-state index in [4.69, 9.17) is 0 Å². The maximum absolute atomic E-state index is 3.14. The van der Waals surface area contributed by atoms with Crippen LogP contribution in [0.1, 0.15) is 13.8 Å². The van der Waals surface area contributed by atoms with Crippen LogP contribution in [0.4, 0.5) is 0 Å². The first-order valence-corrected chi connectivity index (χ1v) is 3.29. The van der Waals surface area contributed by atoms with Gasteiger partial charge < -0.3 is 5.32 Å². The summed E-state index contributed by atoms with van der Waals surface area (Å²) in [5.41, 5.74) is 0.240. The van der Waals surface area contributed by atoms with Crippen LogP contribution < -0.4 is 5.32 Å². The number of hydrogen-bond acceptors (Lipinski definition) is 1. The fourth-order valence-electron chi connectivity index (χ4n) is 0.828. The lowest BCUT2D eigenvalue weighted by Crippen LogP contribution is -2.02. The van der Waals surface area contributed by atoms with Crippen molar-refractivity contribution >= 4 is 0 Å². The van der Waals surface area contributed by atoms with Crippen molar-refractivity contribution in [1.29, 1.82) is 0 Å². The number of rotatable bonds is 0. The molecule has 1 nitrogen and oxygen atoms in total. The van der Waals surface area contributed by atoms with Crippen LogP contribution in [0.25, 0.3) is 0 Å². The summed E-state index contributed by atoms with van der Waals surface area (Å²) in [6, 6.07) is 0. The van der Waals surface area contributed by atoms with E-state index >= 15 is 0 Å². The molecular weight excluding hydrogens is 110 g/mol. The molecule has 0 saturated heterocycles. The van der Waals surface area contributed by atoms with Crippen molar-refractivity contribution in [1.82, 2.24) is 5.32 Å². The highest BCUT2D eigenvalue weighted by molar-refractivity contribution is 5.10. The molecule has 0 unspecified atom stereocenters. The number of nitrogens with one attached hydrogen (secondary N) is 1. The fourth-order valence-corrected chi connectivity index (χ4v) is 0.828. The predicted octanol–water partition coefficient (Wildman–Crippen LogP) is 1.69. The van der Waals surface area contributed by atoms with Gasteiger partial charge in [-0.25, -0.2) is 0 Å². The average Bonchev–Trinajstić information content (AvgIpc) is 1.92. The molecule has 0 spiro atoms. The van der Waals surface area contributed by atoms with Crippen LogP contribution >= 0.6 is 0 Å². The van der Waals surface area contributed by atoms with Gasteiger partial charge in [0.1, 0.15) is 0 Å². The zero-order valence-corrected chi connectivity index (χ0v) is 6.02. The van der Waals surface area contributed by atoms with Gasteiger partial charge >= 0.3 is 0 Å². The van der Waals surface area contributed by atoms with Gasteiger partial charge in [0.2, 0.25) is 0 Å². The Morgan fingerprint density at radius 2 is 2.11 bits per heavy atom. The van der Waals surface area contributed by atoms with E-state index in [9.17, 15) is 0 Å². The molecule has 1 aliphatic rings. The third kappa shape index (κ3) is 1.92. The summed E-state index contributed by atoms with van der Waals surface area (Å²) in [7, 11) is 0. The molecule has 0 aromatic carbocycles. The Balaban J connectivity index is 2.70. The number of allylic oxidation sites excluding steroid dienone is 2. The molecule has 0 aliphatic carbocycles. The van der Waals surface area contributed by atoms with E-state index in [1.807, 2.05) is 6.20 Å². The van der Waals surface area contributed by atoms with Crippen molar-refractivity contribution in [3.63, 3.8) is 0 Å². The Morgan fingerprint density at radius 1 is 1.33 bits per heavy atom. The molecule has 1 heteroatoms. The zero-order valence-electron chi connectivity index (χ0n) is 6.02. The van der Waals surface area contributed by atoms with E-state index in [0.717, 1.165) is 6.54 Å². The minimum atomic E-state index is 0.240. The van der Waals surface area contributed by atoms with Crippen LogP contribution in [0.15, 0.2) is 24.4 Å². The SMILES string of the molecule is CC1(C)C=CCNC=C1. The summed E-state index contributed by atoms with van der Waals surface area (Å²) < 4.78 is 0. The molecule has 1 rings (SSSR count). The van der Waals surface area contributed by atoms with Gasteiger partial charge in [-0.1, -0.05) is 32.1 Å². The van der Waals surface area contributed by atoms with Crippen molar-refractivity contribution < 1.29 is 0 Å². The van der Waals surface area contributed by atoms with Crippen LogP contribution in [0.2, 0.25) is 0 Å². The quantitative estimate of drug-likeness (QED) is 0.483. The lowest BCUT2D eigenvalue weighted by atomic mass is 9.94. The molecule has 0 radical (unpaired) electrons. The Morgan fingerprint density at radius 3 is 2.89 bits per heavy atom. The first-order chi connectivity index (χ1) is 4.21. The van der Waals surface area contributed by atoms with Gasteiger partial charge in [0.15, 0.2) is 0 Å². The van der Waals surface area contributed by atoms with Gasteiger partial charge in [0, 0.05) is 12.0 Å². The molecule has 0 atom stereocenters. The Labute approximate surface area is 56.5 Å². The van der Waals surface area contributed by atoms with Gasteiger partial charge in [0.25, 0.3) is 0 Å². The van der Waals surface area contributed by atoms with Crippen molar-refractivity contribution in [3.05, 3.63) is 24.4 Å². The van der Waals surface area contributed by atoms with Crippen molar-refractivity contribution in [2.24, 2.45) is 5.41 Å². The monoisotopic (exact) mass is 123 g/mol. The van der Waals surface area contributed by atoms with E-state index < -0.39 is 0 Å². The Kier molecular flexibility index (Phi) is 1.60. The van der Waals surface area contributed by atoms with Gasteiger partial charge in [0.05, 0.1) is 0 Å². The van der Waals surface area contributed by atoms with Gasteiger partial charge in [-0.3, -0.25) is 0 Å². The van der Waals surface area contributed by atoms with Crippen molar-refractivity contribution in [3.8, 4) is 0 Å². The van der Waals surface area contributed by atoms with Crippen molar-refractivity contribution in [2.75, 3.05) is 6.54 Å². The molecule has 0 aromatic heterocycles.